The van der Waals surface area contributed by atoms with Crippen molar-refractivity contribution in [1.29, 1.82) is 0 Å². The third kappa shape index (κ3) is 3.04. The maximum atomic E-state index is 12.7. The van der Waals surface area contributed by atoms with Crippen molar-refractivity contribution < 1.29 is 22.6 Å². The van der Waals surface area contributed by atoms with Crippen LogP contribution in [0.25, 0.3) is 6.08 Å². The lowest BCUT2D eigenvalue weighted by atomic mass is 10.1. The first-order valence-electron chi connectivity index (χ1n) is 6.41. The molecular formula is C16H10ClF3O2. The van der Waals surface area contributed by atoms with Gasteiger partial charge in [0.05, 0.1) is 5.56 Å². The Hall–Kier alpha value is -2.14. The van der Waals surface area contributed by atoms with Crippen LogP contribution >= 0.6 is 11.6 Å². The molecule has 0 spiro atoms. The standard InChI is InChI=1S/C16H10ClF3O2/c17-10-3-1-4-11(9-10)21-13-5-2-6-14-12(13)7-8-15(22-14)16(18,19)20/h1-9,15H. The van der Waals surface area contributed by atoms with Crippen molar-refractivity contribution in [2.45, 2.75) is 12.3 Å². The Morgan fingerprint density at radius 1 is 1.09 bits per heavy atom. The molecule has 2 aromatic carbocycles. The van der Waals surface area contributed by atoms with Crippen molar-refractivity contribution in [3.8, 4) is 17.2 Å². The molecule has 114 valence electrons. The van der Waals surface area contributed by atoms with Crippen molar-refractivity contribution in [2.24, 2.45) is 0 Å². The Morgan fingerprint density at radius 3 is 2.59 bits per heavy atom. The predicted octanol–water partition coefficient (Wildman–Crippen LogP) is 5.47. The smallest absolute Gasteiger partial charge is 0.429 e. The molecular weight excluding hydrogens is 317 g/mol. The summed E-state index contributed by atoms with van der Waals surface area (Å²) in [6.45, 7) is 0. The molecule has 0 N–H and O–H groups in total. The van der Waals surface area contributed by atoms with E-state index in [2.05, 4.69) is 0 Å². The van der Waals surface area contributed by atoms with E-state index in [9.17, 15) is 13.2 Å². The van der Waals surface area contributed by atoms with Crippen LogP contribution in [0.15, 0.2) is 48.5 Å². The summed E-state index contributed by atoms with van der Waals surface area (Å²) in [5, 5.41) is 0.506. The molecule has 0 bridgehead atoms. The summed E-state index contributed by atoms with van der Waals surface area (Å²) in [5.41, 5.74) is 0.461. The van der Waals surface area contributed by atoms with Crippen LogP contribution in [0.1, 0.15) is 5.56 Å². The van der Waals surface area contributed by atoms with E-state index >= 15 is 0 Å². The number of rotatable bonds is 2. The number of halogens is 4. The van der Waals surface area contributed by atoms with E-state index in [0.29, 0.717) is 22.1 Å². The van der Waals surface area contributed by atoms with Crippen molar-refractivity contribution in [2.75, 3.05) is 0 Å². The van der Waals surface area contributed by atoms with Gasteiger partial charge < -0.3 is 9.47 Å². The number of alkyl halides is 3. The fraction of sp³-hybridized carbons (Fsp3) is 0.125. The second-order valence-corrected chi connectivity index (χ2v) is 5.10. The highest BCUT2D eigenvalue weighted by Gasteiger charge is 2.41. The average Bonchev–Trinajstić information content (AvgIpc) is 2.46. The van der Waals surface area contributed by atoms with Gasteiger partial charge in [-0.05, 0) is 42.5 Å². The van der Waals surface area contributed by atoms with Gasteiger partial charge in [-0.15, -0.1) is 0 Å². The summed E-state index contributed by atoms with van der Waals surface area (Å²) in [5.74, 6) is 1.02. The van der Waals surface area contributed by atoms with Crippen LogP contribution in [-0.4, -0.2) is 12.3 Å². The van der Waals surface area contributed by atoms with Crippen LogP contribution in [0.2, 0.25) is 5.02 Å². The lowest BCUT2D eigenvalue weighted by molar-refractivity contribution is -0.180. The Labute approximate surface area is 129 Å². The number of benzene rings is 2. The van der Waals surface area contributed by atoms with Crippen LogP contribution < -0.4 is 9.47 Å². The molecule has 0 aromatic heterocycles. The summed E-state index contributed by atoms with van der Waals surface area (Å²) in [6.07, 6.45) is -4.07. The minimum atomic E-state index is -4.45. The van der Waals surface area contributed by atoms with Crippen molar-refractivity contribution in [1.82, 2.24) is 0 Å². The van der Waals surface area contributed by atoms with Crippen LogP contribution in [0.3, 0.4) is 0 Å². The highest BCUT2D eigenvalue weighted by Crippen LogP contribution is 2.39. The van der Waals surface area contributed by atoms with Crippen LogP contribution in [0.5, 0.6) is 17.2 Å². The van der Waals surface area contributed by atoms with Gasteiger partial charge in [0.15, 0.2) is 0 Å². The predicted molar refractivity (Wildman–Crippen MR) is 77.5 cm³/mol. The minimum Gasteiger partial charge on any atom is -0.476 e. The Kier molecular flexibility index (Phi) is 3.74. The van der Waals surface area contributed by atoms with Gasteiger partial charge in [-0.25, -0.2) is 0 Å². The molecule has 0 aliphatic carbocycles. The monoisotopic (exact) mass is 326 g/mol. The average molecular weight is 327 g/mol. The Bertz CT molecular complexity index is 726. The van der Waals surface area contributed by atoms with E-state index in [1.807, 2.05) is 0 Å². The molecule has 0 radical (unpaired) electrons. The van der Waals surface area contributed by atoms with Gasteiger partial charge in [-0.1, -0.05) is 23.7 Å². The largest absolute Gasteiger partial charge is 0.476 e. The van der Waals surface area contributed by atoms with Crippen LogP contribution in [0.4, 0.5) is 13.2 Å². The molecule has 0 saturated heterocycles. The van der Waals surface area contributed by atoms with Crippen LogP contribution in [0, 0.1) is 0 Å². The molecule has 2 nitrogen and oxygen atoms in total. The van der Waals surface area contributed by atoms with Crippen molar-refractivity contribution >= 4 is 17.7 Å². The van der Waals surface area contributed by atoms with E-state index in [0.717, 1.165) is 6.08 Å². The van der Waals surface area contributed by atoms with E-state index in [1.54, 1.807) is 36.4 Å². The lowest BCUT2D eigenvalue weighted by Gasteiger charge is -2.24. The molecule has 3 rings (SSSR count). The Morgan fingerprint density at radius 2 is 1.86 bits per heavy atom. The molecule has 6 heteroatoms. The fourth-order valence-corrected chi connectivity index (χ4v) is 2.25. The summed E-state index contributed by atoms with van der Waals surface area (Å²) in [7, 11) is 0. The first kappa shape index (κ1) is 14.8. The number of ether oxygens (including phenoxy) is 2. The van der Waals surface area contributed by atoms with Crippen molar-refractivity contribution in [3.63, 3.8) is 0 Å². The SMILES string of the molecule is FC(F)(F)C1C=Cc2c(Oc3cccc(Cl)c3)cccc2O1. The molecule has 0 amide bonds. The fourth-order valence-electron chi connectivity index (χ4n) is 2.07. The summed E-state index contributed by atoms with van der Waals surface area (Å²) < 4.78 is 48.8. The van der Waals surface area contributed by atoms with Crippen LogP contribution in [-0.2, 0) is 0 Å². The quantitative estimate of drug-likeness (QED) is 0.728. The van der Waals surface area contributed by atoms with E-state index in [4.69, 9.17) is 21.1 Å². The zero-order valence-electron chi connectivity index (χ0n) is 11.1. The van der Waals surface area contributed by atoms with E-state index in [-0.39, 0.29) is 5.75 Å². The molecule has 22 heavy (non-hydrogen) atoms. The molecule has 1 heterocycles. The first-order chi connectivity index (χ1) is 10.4. The zero-order valence-corrected chi connectivity index (χ0v) is 11.9. The van der Waals surface area contributed by atoms with Gasteiger partial charge >= 0.3 is 6.18 Å². The molecule has 0 fully saturated rings. The summed E-state index contributed by atoms with van der Waals surface area (Å²) in [4.78, 5) is 0. The topological polar surface area (TPSA) is 18.5 Å². The van der Waals surface area contributed by atoms with E-state index < -0.39 is 12.3 Å². The third-order valence-electron chi connectivity index (χ3n) is 3.06. The molecule has 1 aliphatic rings. The Balaban J connectivity index is 1.91. The molecule has 1 unspecified atom stereocenters. The highest BCUT2D eigenvalue weighted by atomic mass is 35.5. The third-order valence-corrected chi connectivity index (χ3v) is 3.30. The van der Waals surface area contributed by atoms with Gasteiger partial charge in [0, 0.05) is 5.02 Å². The van der Waals surface area contributed by atoms with Gasteiger partial charge in [-0.2, -0.15) is 13.2 Å². The lowest BCUT2D eigenvalue weighted by Crippen LogP contribution is -2.33. The number of hydrogen-bond acceptors (Lipinski definition) is 2. The molecule has 0 saturated carbocycles. The number of fused-ring (bicyclic) bond motifs is 1. The van der Waals surface area contributed by atoms with E-state index in [1.165, 1.54) is 12.1 Å². The highest BCUT2D eigenvalue weighted by molar-refractivity contribution is 6.30. The normalized spacial score (nSPS) is 16.8. The summed E-state index contributed by atoms with van der Waals surface area (Å²) >= 11 is 5.88. The van der Waals surface area contributed by atoms with Gasteiger partial charge in [-0.3, -0.25) is 0 Å². The zero-order chi connectivity index (χ0) is 15.7. The first-order valence-corrected chi connectivity index (χ1v) is 6.79. The molecule has 2 aromatic rings. The maximum Gasteiger partial charge on any atom is 0.429 e. The molecule has 1 aliphatic heterocycles. The minimum absolute atomic E-state index is 0.129. The maximum absolute atomic E-state index is 12.7. The number of hydrogen-bond donors (Lipinski definition) is 0. The van der Waals surface area contributed by atoms with Gasteiger partial charge in [0.25, 0.3) is 0 Å². The summed E-state index contributed by atoms with van der Waals surface area (Å²) in [6, 6.07) is 11.4. The van der Waals surface area contributed by atoms with Gasteiger partial charge in [0.1, 0.15) is 17.2 Å². The second-order valence-electron chi connectivity index (χ2n) is 4.67. The van der Waals surface area contributed by atoms with Gasteiger partial charge in [0.2, 0.25) is 6.10 Å². The van der Waals surface area contributed by atoms with Crippen molar-refractivity contribution in [3.05, 3.63) is 59.1 Å². The second kappa shape index (κ2) is 5.57. The molecule has 1 atom stereocenters.